The van der Waals surface area contributed by atoms with Gasteiger partial charge in [0, 0.05) is 24.7 Å². The summed E-state index contributed by atoms with van der Waals surface area (Å²) in [7, 11) is 2.01. The number of nitrogens with two attached hydrogens (primary N) is 1. The lowest BCUT2D eigenvalue weighted by Crippen LogP contribution is -2.50. The van der Waals surface area contributed by atoms with Gasteiger partial charge in [-0.15, -0.1) is 0 Å². The molecule has 2 rings (SSSR count). The average molecular weight is 221 g/mol. The molecular weight excluding hydrogens is 198 g/mol. The van der Waals surface area contributed by atoms with Crippen molar-refractivity contribution in [2.75, 3.05) is 0 Å². The van der Waals surface area contributed by atoms with Crippen molar-refractivity contribution in [2.45, 2.75) is 52.0 Å². The minimum Gasteiger partial charge on any atom is -0.324 e. The number of rotatable bonds is 2. The second-order valence-electron chi connectivity index (χ2n) is 5.97. The van der Waals surface area contributed by atoms with E-state index in [-0.39, 0.29) is 11.0 Å². The predicted octanol–water partition coefficient (Wildman–Crippen LogP) is 2.18. The Bertz CT molecular complexity index is 392. The van der Waals surface area contributed by atoms with Gasteiger partial charge in [0.1, 0.15) is 0 Å². The van der Waals surface area contributed by atoms with Crippen molar-refractivity contribution in [1.29, 1.82) is 0 Å². The summed E-state index contributed by atoms with van der Waals surface area (Å²) in [6.07, 6.45) is 4.56. The Labute approximate surface area is 98.0 Å². The first-order valence-corrected chi connectivity index (χ1v) is 6.12. The van der Waals surface area contributed by atoms with Gasteiger partial charge in [-0.25, -0.2) is 0 Å². The summed E-state index contributed by atoms with van der Waals surface area (Å²) >= 11 is 0. The molecule has 1 heterocycles. The number of hydrogen-bond acceptors (Lipinski definition) is 2. The normalized spacial score (nSPS) is 28.6. The third-order valence-electron chi connectivity index (χ3n) is 4.37. The summed E-state index contributed by atoms with van der Waals surface area (Å²) < 4.78 is 1.97. The standard InChI is InChI=1S/C13H23N3/c1-10-8-11(16(4)15-10)9-13(14)7-5-6-12(13,2)3/h8H,5-7,9,14H2,1-4H3. The molecule has 16 heavy (non-hydrogen) atoms. The van der Waals surface area contributed by atoms with E-state index in [1.807, 2.05) is 18.7 Å². The van der Waals surface area contributed by atoms with Gasteiger partial charge in [0.25, 0.3) is 0 Å². The minimum absolute atomic E-state index is 0.0623. The zero-order valence-corrected chi connectivity index (χ0v) is 10.9. The van der Waals surface area contributed by atoms with Gasteiger partial charge in [-0.1, -0.05) is 20.3 Å². The van der Waals surface area contributed by atoms with Crippen LogP contribution in [0.25, 0.3) is 0 Å². The number of aromatic nitrogens is 2. The third-order valence-corrected chi connectivity index (χ3v) is 4.37. The maximum absolute atomic E-state index is 6.61. The first-order chi connectivity index (χ1) is 7.34. The Morgan fingerprint density at radius 3 is 2.56 bits per heavy atom. The second kappa shape index (κ2) is 3.59. The van der Waals surface area contributed by atoms with Gasteiger partial charge in [0.2, 0.25) is 0 Å². The van der Waals surface area contributed by atoms with E-state index in [0.29, 0.717) is 0 Å². The average Bonchev–Trinajstić information content (AvgIpc) is 2.56. The summed E-state index contributed by atoms with van der Waals surface area (Å²) in [5.74, 6) is 0. The lowest BCUT2D eigenvalue weighted by Gasteiger charge is -2.38. The van der Waals surface area contributed by atoms with Crippen molar-refractivity contribution in [3.05, 3.63) is 17.5 Å². The molecule has 3 heteroatoms. The van der Waals surface area contributed by atoms with E-state index in [1.54, 1.807) is 0 Å². The maximum Gasteiger partial charge on any atom is 0.0596 e. The van der Waals surface area contributed by atoms with Crippen molar-refractivity contribution in [3.8, 4) is 0 Å². The second-order valence-corrected chi connectivity index (χ2v) is 5.97. The van der Waals surface area contributed by atoms with E-state index in [9.17, 15) is 0 Å². The first kappa shape index (κ1) is 11.6. The zero-order chi connectivity index (χ0) is 12.0. The van der Waals surface area contributed by atoms with E-state index in [2.05, 4.69) is 25.0 Å². The quantitative estimate of drug-likeness (QED) is 0.832. The highest BCUT2D eigenvalue weighted by Crippen LogP contribution is 2.45. The SMILES string of the molecule is Cc1cc(CC2(N)CCCC2(C)C)n(C)n1. The van der Waals surface area contributed by atoms with Gasteiger partial charge in [-0.3, -0.25) is 4.68 Å². The molecule has 1 aromatic heterocycles. The van der Waals surface area contributed by atoms with Crippen LogP contribution >= 0.6 is 0 Å². The topological polar surface area (TPSA) is 43.8 Å². The molecule has 1 saturated carbocycles. The highest BCUT2D eigenvalue weighted by Gasteiger charge is 2.45. The van der Waals surface area contributed by atoms with Crippen molar-refractivity contribution >= 4 is 0 Å². The van der Waals surface area contributed by atoms with E-state index < -0.39 is 0 Å². The molecule has 0 spiro atoms. The van der Waals surface area contributed by atoms with Crippen LogP contribution in [0.15, 0.2) is 6.07 Å². The van der Waals surface area contributed by atoms with E-state index in [0.717, 1.165) is 18.5 Å². The van der Waals surface area contributed by atoms with Crippen LogP contribution in [-0.4, -0.2) is 15.3 Å². The summed E-state index contributed by atoms with van der Waals surface area (Å²) in [5, 5.41) is 4.39. The lowest BCUT2D eigenvalue weighted by molar-refractivity contribution is 0.204. The molecule has 1 atom stereocenters. The van der Waals surface area contributed by atoms with Crippen LogP contribution in [0.3, 0.4) is 0 Å². The van der Waals surface area contributed by atoms with Gasteiger partial charge < -0.3 is 5.73 Å². The number of nitrogens with zero attached hydrogens (tertiary/aromatic N) is 2. The van der Waals surface area contributed by atoms with E-state index in [4.69, 9.17) is 5.73 Å². The molecule has 0 amide bonds. The number of hydrogen-bond donors (Lipinski definition) is 1. The summed E-state index contributed by atoms with van der Waals surface area (Å²) in [5.41, 5.74) is 9.12. The van der Waals surface area contributed by atoms with Gasteiger partial charge in [0.05, 0.1) is 5.69 Å². The molecular formula is C13H23N3. The molecule has 0 bridgehead atoms. The molecule has 1 aromatic rings. The van der Waals surface area contributed by atoms with Crippen LogP contribution in [0.5, 0.6) is 0 Å². The Morgan fingerprint density at radius 1 is 1.44 bits per heavy atom. The fourth-order valence-electron chi connectivity index (χ4n) is 2.91. The minimum atomic E-state index is -0.0623. The highest BCUT2D eigenvalue weighted by atomic mass is 15.3. The van der Waals surface area contributed by atoms with Crippen molar-refractivity contribution < 1.29 is 0 Å². The molecule has 90 valence electrons. The summed E-state index contributed by atoms with van der Waals surface area (Å²) in [4.78, 5) is 0. The van der Waals surface area contributed by atoms with Crippen molar-refractivity contribution in [3.63, 3.8) is 0 Å². The smallest absolute Gasteiger partial charge is 0.0596 e. The molecule has 1 fully saturated rings. The largest absolute Gasteiger partial charge is 0.324 e. The van der Waals surface area contributed by atoms with Crippen LogP contribution in [-0.2, 0) is 13.5 Å². The molecule has 2 N–H and O–H groups in total. The molecule has 1 unspecified atom stereocenters. The molecule has 0 aromatic carbocycles. The lowest BCUT2D eigenvalue weighted by atomic mass is 9.73. The van der Waals surface area contributed by atoms with Crippen LogP contribution in [0.2, 0.25) is 0 Å². The Hall–Kier alpha value is -0.830. The predicted molar refractivity (Wildman–Crippen MR) is 66.2 cm³/mol. The monoisotopic (exact) mass is 221 g/mol. The van der Waals surface area contributed by atoms with E-state index >= 15 is 0 Å². The number of aryl methyl sites for hydroxylation is 2. The van der Waals surface area contributed by atoms with Gasteiger partial charge in [0.15, 0.2) is 0 Å². The van der Waals surface area contributed by atoms with Crippen LogP contribution in [0, 0.1) is 12.3 Å². The fraction of sp³-hybridized carbons (Fsp3) is 0.769. The highest BCUT2D eigenvalue weighted by molar-refractivity contribution is 5.16. The Balaban J connectivity index is 2.24. The summed E-state index contributed by atoms with van der Waals surface area (Å²) in [6, 6.07) is 2.16. The molecule has 0 saturated heterocycles. The molecule has 0 aliphatic heterocycles. The molecule has 1 aliphatic carbocycles. The third kappa shape index (κ3) is 1.77. The summed E-state index contributed by atoms with van der Waals surface area (Å²) in [6.45, 7) is 6.62. The van der Waals surface area contributed by atoms with Crippen LogP contribution in [0.1, 0.15) is 44.5 Å². The first-order valence-electron chi connectivity index (χ1n) is 6.12. The van der Waals surface area contributed by atoms with Crippen LogP contribution < -0.4 is 5.73 Å². The van der Waals surface area contributed by atoms with Crippen LogP contribution in [0.4, 0.5) is 0 Å². The Kier molecular flexibility index (Phi) is 2.61. The zero-order valence-electron chi connectivity index (χ0n) is 10.9. The van der Waals surface area contributed by atoms with Gasteiger partial charge in [-0.05, 0) is 31.2 Å². The molecule has 0 radical (unpaired) electrons. The molecule has 3 nitrogen and oxygen atoms in total. The van der Waals surface area contributed by atoms with Crippen molar-refractivity contribution in [2.24, 2.45) is 18.2 Å². The molecule has 1 aliphatic rings. The maximum atomic E-state index is 6.61. The van der Waals surface area contributed by atoms with Crippen molar-refractivity contribution in [1.82, 2.24) is 9.78 Å². The fourth-order valence-corrected chi connectivity index (χ4v) is 2.91. The Morgan fingerprint density at radius 2 is 2.12 bits per heavy atom. The van der Waals surface area contributed by atoms with Gasteiger partial charge in [-0.2, -0.15) is 5.10 Å². The van der Waals surface area contributed by atoms with E-state index in [1.165, 1.54) is 18.5 Å². The van der Waals surface area contributed by atoms with Gasteiger partial charge >= 0.3 is 0 Å².